The van der Waals surface area contributed by atoms with Crippen molar-refractivity contribution in [2.45, 2.75) is 11.8 Å². The van der Waals surface area contributed by atoms with Crippen LogP contribution in [0.2, 0.25) is 0 Å². The van der Waals surface area contributed by atoms with Crippen LogP contribution in [-0.2, 0) is 19.1 Å². The number of hydrogen-bond acceptors (Lipinski definition) is 10. The number of rotatable bonds is 12. The molecule has 0 fully saturated rings. The molecule has 3 aliphatic carbocycles. The Hall–Kier alpha value is -6.94. The fourth-order valence-corrected chi connectivity index (χ4v) is 6.52. The molecule has 0 spiro atoms. The zero-order chi connectivity index (χ0) is 36.2. The Bertz CT molecular complexity index is 2020. The lowest BCUT2D eigenvalue weighted by atomic mass is 9.60. The van der Waals surface area contributed by atoms with Crippen molar-refractivity contribution in [2.24, 2.45) is 0 Å². The van der Waals surface area contributed by atoms with Crippen LogP contribution in [0.5, 0.6) is 23.0 Å². The Balaban J connectivity index is 1.19. The van der Waals surface area contributed by atoms with Gasteiger partial charge in [-0.3, -0.25) is 0 Å². The van der Waals surface area contributed by atoms with Crippen LogP contribution in [0.25, 0.3) is 0 Å². The van der Waals surface area contributed by atoms with Crippen LogP contribution in [0, 0.1) is 0 Å². The Labute approximate surface area is 298 Å². The largest absolute Gasteiger partial charge is 0.457 e. The summed E-state index contributed by atoms with van der Waals surface area (Å²) in [4.78, 5) is 49.7. The topological polar surface area (TPSA) is 124 Å². The van der Waals surface area contributed by atoms with E-state index in [4.69, 9.17) is 28.4 Å². The predicted octanol–water partition coefficient (Wildman–Crippen LogP) is 7.24. The first kappa shape index (κ1) is 33.6. The normalized spacial score (nSPS) is 14.4. The van der Waals surface area contributed by atoms with Crippen molar-refractivity contribution in [3.8, 4) is 23.0 Å². The molecular weight excluding hydrogens is 664 g/mol. The Morgan fingerprint density at radius 3 is 1.17 bits per heavy atom. The van der Waals surface area contributed by atoms with Crippen LogP contribution in [0.15, 0.2) is 135 Å². The van der Waals surface area contributed by atoms with Crippen molar-refractivity contribution in [2.75, 3.05) is 13.6 Å². The SMILES string of the molecule is C=CC(=O)OCOc1ccc(C(=O)Oc2ccc(OC(=O)c3ccc(OCOC(=O)C=C)cc3)c3c2C2c4ccccc4C3c3ccccc32)cc1. The zero-order valence-corrected chi connectivity index (χ0v) is 27.6. The maximum Gasteiger partial charge on any atom is 0.343 e. The number of benzene rings is 5. The molecule has 0 unspecified atom stereocenters. The second-order valence-corrected chi connectivity index (χ2v) is 11.7. The molecule has 8 rings (SSSR count). The number of carbonyl (C=O) groups is 4. The minimum atomic E-state index is -0.616. The van der Waals surface area contributed by atoms with Crippen molar-refractivity contribution in [1.82, 2.24) is 0 Å². The van der Waals surface area contributed by atoms with E-state index >= 15 is 0 Å². The molecule has 0 heterocycles. The van der Waals surface area contributed by atoms with Gasteiger partial charge in [0.25, 0.3) is 0 Å². The van der Waals surface area contributed by atoms with E-state index in [1.165, 1.54) is 0 Å². The van der Waals surface area contributed by atoms with E-state index in [9.17, 15) is 19.2 Å². The third-order valence-electron chi connectivity index (χ3n) is 8.79. The van der Waals surface area contributed by atoms with Crippen LogP contribution >= 0.6 is 0 Å². The lowest BCUT2D eigenvalue weighted by Gasteiger charge is -2.43. The van der Waals surface area contributed by atoms with Crippen LogP contribution < -0.4 is 18.9 Å². The zero-order valence-electron chi connectivity index (χ0n) is 27.6. The third-order valence-corrected chi connectivity index (χ3v) is 8.79. The number of esters is 4. The first-order chi connectivity index (χ1) is 25.4. The van der Waals surface area contributed by atoms with Gasteiger partial charge in [-0.25, -0.2) is 19.2 Å². The quantitative estimate of drug-likeness (QED) is 0.0560. The molecule has 10 nitrogen and oxygen atoms in total. The van der Waals surface area contributed by atoms with Gasteiger partial charge in [-0.05, 0) is 82.9 Å². The van der Waals surface area contributed by atoms with E-state index in [0.29, 0.717) is 23.0 Å². The summed E-state index contributed by atoms with van der Waals surface area (Å²) in [7, 11) is 0. The summed E-state index contributed by atoms with van der Waals surface area (Å²) >= 11 is 0. The molecule has 0 amide bonds. The van der Waals surface area contributed by atoms with E-state index in [-0.39, 0.29) is 36.5 Å². The van der Waals surface area contributed by atoms with Gasteiger partial charge >= 0.3 is 23.9 Å². The molecular formula is C42H30O10. The van der Waals surface area contributed by atoms with E-state index in [1.807, 2.05) is 24.3 Å². The summed E-state index contributed by atoms with van der Waals surface area (Å²) in [5, 5.41) is 0. The minimum absolute atomic E-state index is 0.271. The third kappa shape index (κ3) is 6.52. The average Bonchev–Trinajstić information content (AvgIpc) is 3.18. The second kappa shape index (κ2) is 14.5. The van der Waals surface area contributed by atoms with Crippen molar-refractivity contribution in [1.29, 1.82) is 0 Å². The molecule has 0 atom stereocenters. The maximum atomic E-state index is 13.6. The molecule has 258 valence electrons. The predicted molar refractivity (Wildman–Crippen MR) is 188 cm³/mol. The summed E-state index contributed by atoms with van der Waals surface area (Å²) in [5.41, 5.74) is 6.33. The Kier molecular flexibility index (Phi) is 9.36. The highest BCUT2D eigenvalue weighted by molar-refractivity contribution is 5.93. The van der Waals surface area contributed by atoms with Crippen molar-refractivity contribution in [3.63, 3.8) is 0 Å². The molecule has 2 bridgehead atoms. The highest BCUT2D eigenvalue weighted by atomic mass is 16.7. The molecule has 5 aromatic carbocycles. The van der Waals surface area contributed by atoms with Crippen LogP contribution in [0.3, 0.4) is 0 Å². The second-order valence-electron chi connectivity index (χ2n) is 11.7. The van der Waals surface area contributed by atoms with Gasteiger partial charge in [0.05, 0.1) is 11.1 Å². The van der Waals surface area contributed by atoms with Gasteiger partial charge in [-0.2, -0.15) is 0 Å². The van der Waals surface area contributed by atoms with Gasteiger partial charge in [0, 0.05) is 35.1 Å². The number of ether oxygens (including phenoxy) is 6. The van der Waals surface area contributed by atoms with Crippen molar-refractivity contribution in [3.05, 3.63) is 179 Å². The summed E-state index contributed by atoms with van der Waals surface area (Å²) in [5.74, 6) is -1.56. The lowest BCUT2D eigenvalue weighted by Crippen LogP contribution is -2.29. The smallest absolute Gasteiger partial charge is 0.343 e. The minimum Gasteiger partial charge on any atom is -0.457 e. The first-order valence-corrected chi connectivity index (χ1v) is 16.2. The molecule has 0 aliphatic heterocycles. The van der Waals surface area contributed by atoms with E-state index in [1.54, 1.807) is 60.7 Å². The fourth-order valence-electron chi connectivity index (χ4n) is 6.52. The molecule has 10 heteroatoms. The van der Waals surface area contributed by atoms with Crippen molar-refractivity contribution >= 4 is 23.9 Å². The molecule has 0 saturated heterocycles. The number of carbonyl (C=O) groups excluding carboxylic acids is 4. The van der Waals surface area contributed by atoms with E-state index in [2.05, 4.69) is 37.4 Å². The molecule has 52 heavy (non-hydrogen) atoms. The monoisotopic (exact) mass is 694 g/mol. The summed E-state index contributed by atoms with van der Waals surface area (Å²) < 4.78 is 32.7. The van der Waals surface area contributed by atoms with Gasteiger partial charge in [-0.15, -0.1) is 0 Å². The molecule has 3 aliphatic rings. The van der Waals surface area contributed by atoms with E-state index < -0.39 is 23.9 Å². The molecule has 5 aromatic rings. The van der Waals surface area contributed by atoms with Crippen LogP contribution in [0.4, 0.5) is 0 Å². The highest BCUT2D eigenvalue weighted by Crippen LogP contribution is 2.60. The molecule has 0 aromatic heterocycles. The fraction of sp³-hybridized carbons (Fsp3) is 0.0952. The molecule has 0 saturated carbocycles. The highest BCUT2D eigenvalue weighted by Gasteiger charge is 2.45. The average molecular weight is 695 g/mol. The van der Waals surface area contributed by atoms with Gasteiger partial charge in [0.1, 0.15) is 23.0 Å². The van der Waals surface area contributed by atoms with Gasteiger partial charge in [-0.1, -0.05) is 61.7 Å². The Morgan fingerprint density at radius 1 is 0.500 bits per heavy atom. The van der Waals surface area contributed by atoms with Gasteiger partial charge < -0.3 is 28.4 Å². The van der Waals surface area contributed by atoms with Crippen LogP contribution in [-0.4, -0.2) is 37.5 Å². The number of hydrogen-bond donors (Lipinski definition) is 0. The standard InChI is InChI=1S/C42H30O10/c1-3-35(43)49-23-47-27-17-13-25(14-18-27)41(45)51-33-21-22-34(52-42(46)26-15-19-28(20-16-26)48-24-50-36(44)4-2)40-38-31-11-7-5-9-29(31)37(39(33)40)30-10-6-8-12-32(30)38/h3-22,37-38H,1-2,23-24H2. The van der Waals surface area contributed by atoms with Crippen LogP contribution in [0.1, 0.15) is 65.9 Å². The lowest BCUT2D eigenvalue weighted by molar-refractivity contribution is -0.145. The molecule has 0 N–H and O–H groups in total. The van der Waals surface area contributed by atoms with Crippen molar-refractivity contribution < 1.29 is 47.6 Å². The van der Waals surface area contributed by atoms with Gasteiger partial charge in [0.2, 0.25) is 13.6 Å². The summed E-state index contributed by atoms with van der Waals surface area (Å²) in [6.45, 7) is 6.06. The summed E-state index contributed by atoms with van der Waals surface area (Å²) in [6, 6.07) is 32.0. The Morgan fingerprint density at radius 2 is 0.846 bits per heavy atom. The van der Waals surface area contributed by atoms with E-state index in [0.717, 1.165) is 45.5 Å². The first-order valence-electron chi connectivity index (χ1n) is 16.2. The van der Waals surface area contributed by atoms with Gasteiger partial charge in [0.15, 0.2) is 0 Å². The maximum absolute atomic E-state index is 13.6. The molecule has 0 radical (unpaired) electrons. The summed E-state index contributed by atoms with van der Waals surface area (Å²) in [6.07, 6.45) is 2.07.